The standard InChI is InChI=1S/C19H14F5N3O3/c20-13-2-1-3-14(21)16(13)17(28)27-15(25)6-7-26-9-11-5-4-10(18(29)30)8-12(11)19(22,23)24/h1-8,26H,9H2,(H,29,30)(H2,25,27,28)/b7-6-. The largest absolute Gasteiger partial charge is 0.478 e. The summed E-state index contributed by atoms with van der Waals surface area (Å²) in [4.78, 5) is 26.0. The molecule has 0 spiro atoms. The quantitative estimate of drug-likeness (QED) is 0.372. The van der Waals surface area contributed by atoms with Crippen LogP contribution in [0.15, 0.2) is 53.7 Å². The van der Waals surface area contributed by atoms with E-state index in [-0.39, 0.29) is 12.1 Å². The van der Waals surface area contributed by atoms with E-state index in [0.717, 1.165) is 42.6 Å². The van der Waals surface area contributed by atoms with Crippen molar-refractivity contribution in [1.82, 2.24) is 5.32 Å². The van der Waals surface area contributed by atoms with Gasteiger partial charge in [-0.1, -0.05) is 12.1 Å². The van der Waals surface area contributed by atoms with Gasteiger partial charge in [0.15, 0.2) is 0 Å². The molecule has 0 radical (unpaired) electrons. The molecule has 0 atom stereocenters. The van der Waals surface area contributed by atoms with Crippen LogP contribution in [0.3, 0.4) is 0 Å². The van der Waals surface area contributed by atoms with E-state index in [4.69, 9.17) is 10.8 Å². The number of carboxylic acid groups (broad SMARTS) is 1. The predicted molar refractivity (Wildman–Crippen MR) is 96.7 cm³/mol. The Morgan fingerprint density at radius 3 is 2.33 bits per heavy atom. The number of hydrogen-bond acceptors (Lipinski definition) is 3. The fourth-order valence-electron chi connectivity index (χ4n) is 2.35. The molecule has 0 saturated heterocycles. The third kappa shape index (κ3) is 5.63. The molecule has 30 heavy (non-hydrogen) atoms. The van der Waals surface area contributed by atoms with Gasteiger partial charge in [0.05, 0.1) is 11.1 Å². The van der Waals surface area contributed by atoms with Crippen molar-refractivity contribution in [2.45, 2.75) is 12.7 Å². The molecule has 2 aromatic carbocycles. The highest BCUT2D eigenvalue weighted by atomic mass is 19.4. The number of aromatic carboxylic acids is 1. The summed E-state index contributed by atoms with van der Waals surface area (Å²) in [5.41, 5.74) is 2.68. The average Bonchev–Trinajstić information content (AvgIpc) is 2.64. The summed E-state index contributed by atoms with van der Waals surface area (Å²) in [6.07, 6.45) is -2.69. The van der Waals surface area contributed by atoms with Crippen molar-refractivity contribution in [3.05, 3.63) is 82.6 Å². The van der Waals surface area contributed by atoms with E-state index in [1.165, 1.54) is 0 Å². The van der Waals surface area contributed by atoms with E-state index in [2.05, 4.69) is 10.3 Å². The molecule has 0 aromatic heterocycles. The van der Waals surface area contributed by atoms with Crippen molar-refractivity contribution in [3.8, 4) is 0 Å². The SMILES string of the molecule is NC(/C=C\NCc1ccc(C(=O)O)cc1C(F)(F)F)=NC(=O)c1c(F)cccc1F. The smallest absolute Gasteiger partial charge is 0.416 e. The average molecular weight is 427 g/mol. The fourth-order valence-corrected chi connectivity index (χ4v) is 2.35. The van der Waals surface area contributed by atoms with Crippen LogP contribution in [0.2, 0.25) is 0 Å². The van der Waals surface area contributed by atoms with Gasteiger partial charge in [-0.3, -0.25) is 4.79 Å². The lowest BCUT2D eigenvalue weighted by molar-refractivity contribution is -0.138. The molecule has 4 N–H and O–H groups in total. The minimum absolute atomic E-state index is 0.239. The van der Waals surface area contributed by atoms with Crippen LogP contribution in [0.1, 0.15) is 31.8 Å². The molecule has 0 aliphatic carbocycles. The number of nitrogens with zero attached hydrogens (tertiary/aromatic N) is 1. The highest BCUT2D eigenvalue weighted by Crippen LogP contribution is 2.32. The van der Waals surface area contributed by atoms with Gasteiger partial charge in [-0.25, -0.2) is 13.6 Å². The summed E-state index contributed by atoms with van der Waals surface area (Å²) in [6.45, 7) is -0.353. The maximum atomic E-state index is 13.5. The Bertz CT molecular complexity index is 1010. The zero-order valence-corrected chi connectivity index (χ0v) is 15.0. The Kier molecular flexibility index (Phi) is 6.88. The number of hydrogen-bond donors (Lipinski definition) is 3. The number of halogens is 5. The number of carbonyl (C=O) groups excluding carboxylic acids is 1. The third-order valence-corrected chi connectivity index (χ3v) is 3.73. The molecule has 1 amide bonds. The number of benzene rings is 2. The number of rotatable bonds is 6. The Labute approximate surface area is 166 Å². The van der Waals surface area contributed by atoms with E-state index < -0.39 is 52.2 Å². The first-order valence-electron chi connectivity index (χ1n) is 8.16. The first kappa shape index (κ1) is 22.5. The lowest BCUT2D eigenvalue weighted by Crippen LogP contribution is -2.17. The van der Waals surface area contributed by atoms with Crippen molar-refractivity contribution in [2.24, 2.45) is 10.7 Å². The number of carbonyl (C=O) groups is 2. The van der Waals surface area contributed by atoms with Crippen LogP contribution >= 0.6 is 0 Å². The molecule has 0 fully saturated rings. The van der Waals surface area contributed by atoms with E-state index in [1.54, 1.807) is 0 Å². The summed E-state index contributed by atoms with van der Waals surface area (Å²) in [7, 11) is 0. The van der Waals surface area contributed by atoms with Crippen LogP contribution in [0.4, 0.5) is 22.0 Å². The molecule has 0 unspecified atom stereocenters. The molecule has 2 aromatic rings. The maximum absolute atomic E-state index is 13.5. The van der Waals surface area contributed by atoms with Gasteiger partial charge in [0.2, 0.25) is 0 Å². The van der Waals surface area contributed by atoms with Crippen LogP contribution in [0.5, 0.6) is 0 Å². The molecular weight excluding hydrogens is 413 g/mol. The summed E-state index contributed by atoms with van der Waals surface area (Å²) in [6, 6.07) is 5.35. The Balaban J connectivity index is 2.10. The summed E-state index contributed by atoms with van der Waals surface area (Å²) in [5, 5.41) is 11.3. The summed E-state index contributed by atoms with van der Waals surface area (Å²) < 4.78 is 66.4. The van der Waals surface area contributed by atoms with Gasteiger partial charge in [0.1, 0.15) is 23.0 Å². The van der Waals surface area contributed by atoms with E-state index in [9.17, 15) is 31.5 Å². The summed E-state index contributed by atoms with van der Waals surface area (Å²) in [5.74, 6) is -5.46. The number of alkyl halides is 3. The molecular formula is C19H14F5N3O3. The Hall–Kier alpha value is -3.76. The van der Waals surface area contributed by atoms with Crippen LogP contribution in [-0.4, -0.2) is 22.8 Å². The van der Waals surface area contributed by atoms with Crippen LogP contribution in [-0.2, 0) is 12.7 Å². The van der Waals surface area contributed by atoms with Gasteiger partial charge in [-0.05, 0) is 35.9 Å². The van der Waals surface area contributed by atoms with Gasteiger partial charge in [-0.15, -0.1) is 0 Å². The van der Waals surface area contributed by atoms with Gasteiger partial charge in [-0.2, -0.15) is 18.2 Å². The summed E-state index contributed by atoms with van der Waals surface area (Å²) >= 11 is 0. The number of aliphatic imine (C=N–C) groups is 1. The van der Waals surface area contributed by atoms with E-state index in [1.807, 2.05) is 0 Å². The van der Waals surface area contributed by atoms with Gasteiger partial charge in [0.25, 0.3) is 5.91 Å². The third-order valence-electron chi connectivity index (χ3n) is 3.73. The van der Waals surface area contributed by atoms with Gasteiger partial charge in [0, 0.05) is 12.7 Å². The van der Waals surface area contributed by atoms with Gasteiger partial charge >= 0.3 is 12.1 Å². The first-order valence-corrected chi connectivity index (χ1v) is 8.16. The zero-order valence-electron chi connectivity index (χ0n) is 15.0. The zero-order chi connectivity index (χ0) is 22.5. The number of nitrogens with two attached hydrogens (primary N) is 1. The minimum Gasteiger partial charge on any atom is -0.478 e. The highest BCUT2D eigenvalue weighted by Gasteiger charge is 2.33. The monoisotopic (exact) mass is 427 g/mol. The van der Waals surface area contributed by atoms with Crippen LogP contribution in [0.25, 0.3) is 0 Å². The highest BCUT2D eigenvalue weighted by molar-refractivity contribution is 6.06. The van der Waals surface area contributed by atoms with Crippen LogP contribution in [0, 0.1) is 11.6 Å². The lowest BCUT2D eigenvalue weighted by Gasteiger charge is -2.13. The molecule has 11 heteroatoms. The fraction of sp³-hybridized carbons (Fsp3) is 0.105. The Morgan fingerprint density at radius 1 is 1.13 bits per heavy atom. The van der Waals surface area contributed by atoms with Crippen molar-refractivity contribution in [1.29, 1.82) is 0 Å². The molecule has 158 valence electrons. The molecule has 0 aliphatic rings. The lowest BCUT2D eigenvalue weighted by atomic mass is 10.0. The second-order valence-electron chi connectivity index (χ2n) is 5.83. The molecule has 0 aliphatic heterocycles. The van der Waals surface area contributed by atoms with Crippen molar-refractivity contribution >= 4 is 17.7 Å². The predicted octanol–water partition coefficient (Wildman–Crippen LogP) is 3.48. The Morgan fingerprint density at radius 2 is 1.77 bits per heavy atom. The normalized spacial score (nSPS) is 12.2. The molecule has 0 saturated carbocycles. The molecule has 0 heterocycles. The van der Waals surface area contributed by atoms with E-state index >= 15 is 0 Å². The number of nitrogens with one attached hydrogen (secondary N) is 1. The van der Waals surface area contributed by atoms with Gasteiger partial charge < -0.3 is 16.2 Å². The van der Waals surface area contributed by atoms with E-state index in [0.29, 0.717) is 6.07 Å². The first-order chi connectivity index (χ1) is 14.0. The molecule has 0 bridgehead atoms. The number of amidine groups is 1. The number of amides is 1. The maximum Gasteiger partial charge on any atom is 0.416 e. The van der Waals surface area contributed by atoms with Crippen LogP contribution < -0.4 is 11.1 Å². The topological polar surface area (TPSA) is 105 Å². The van der Waals surface area contributed by atoms with Crippen molar-refractivity contribution in [3.63, 3.8) is 0 Å². The second kappa shape index (κ2) is 9.16. The van der Waals surface area contributed by atoms with Crippen molar-refractivity contribution in [2.75, 3.05) is 0 Å². The van der Waals surface area contributed by atoms with Crippen molar-refractivity contribution < 1.29 is 36.6 Å². The second-order valence-corrected chi connectivity index (χ2v) is 5.83. The number of carboxylic acids is 1. The minimum atomic E-state index is -4.77. The molecule has 6 nitrogen and oxygen atoms in total. The molecule has 2 rings (SSSR count).